The van der Waals surface area contributed by atoms with Crippen LogP contribution in [0.4, 0.5) is 10.1 Å². The SMILES string of the molecule is CC(=O)N1CCC(O)(C#Cc2ccc3c(c2)N(C)C(=O)[C@H](NC(=O)c2cc(Oc4ccc(F)cc4)ccn2)CO3)CC1. The van der Waals surface area contributed by atoms with E-state index in [4.69, 9.17) is 9.47 Å². The predicted octanol–water partition coefficient (Wildman–Crippen LogP) is 2.89. The number of pyridine rings is 1. The molecule has 3 heterocycles. The molecule has 2 aliphatic heterocycles. The number of aromatic nitrogens is 1. The lowest BCUT2D eigenvalue weighted by molar-refractivity contribution is -0.131. The molecule has 0 bridgehead atoms. The summed E-state index contributed by atoms with van der Waals surface area (Å²) in [4.78, 5) is 45.0. The summed E-state index contributed by atoms with van der Waals surface area (Å²) in [7, 11) is 1.58. The van der Waals surface area contributed by atoms with Gasteiger partial charge >= 0.3 is 0 Å². The Morgan fingerprint density at radius 2 is 1.86 bits per heavy atom. The van der Waals surface area contributed by atoms with Gasteiger partial charge in [-0.1, -0.05) is 11.8 Å². The van der Waals surface area contributed by atoms with Crippen molar-refractivity contribution in [3.8, 4) is 29.1 Å². The maximum atomic E-state index is 13.3. The van der Waals surface area contributed by atoms with Crippen molar-refractivity contribution in [3.05, 3.63) is 77.9 Å². The number of likely N-dealkylation sites (tertiary alicyclic amines) is 1. The maximum Gasteiger partial charge on any atom is 0.270 e. The van der Waals surface area contributed by atoms with Gasteiger partial charge in [0.1, 0.15) is 47.0 Å². The molecule has 0 aliphatic carbocycles. The number of anilines is 1. The minimum atomic E-state index is -1.21. The van der Waals surface area contributed by atoms with E-state index in [1.54, 1.807) is 36.2 Å². The molecule has 3 aromatic rings. The van der Waals surface area contributed by atoms with Crippen molar-refractivity contribution in [3.63, 3.8) is 0 Å². The zero-order valence-electron chi connectivity index (χ0n) is 23.1. The van der Waals surface area contributed by atoms with E-state index in [0.717, 1.165) is 0 Å². The van der Waals surface area contributed by atoms with Gasteiger partial charge in [-0.3, -0.25) is 19.4 Å². The minimum absolute atomic E-state index is 0.0245. The third kappa shape index (κ3) is 6.50. The molecule has 11 heteroatoms. The van der Waals surface area contributed by atoms with Crippen LogP contribution in [-0.2, 0) is 9.59 Å². The number of carbonyl (C=O) groups is 3. The number of likely N-dealkylation sites (N-methyl/N-ethyl adjacent to an activating group) is 1. The molecule has 1 saturated heterocycles. The van der Waals surface area contributed by atoms with E-state index in [0.29, 0.717) is 54.4 Å². The topological polar surface area (TPSA) is 121 Å². The highest BCUT2D eigenvalue weighted by molar-refractivity contribution is 6.03. The molecule has 0 spiro atoms. The Labute approximate surface area is 242 Å². The first-order valence-electron chi connectivity index (χ1n) is 13.4. The number of carbonyl (C=O) groups excluding carboxylic acids is 3. The molecule has 216 valence electrons. The van der Waals surface area contributed by atoms with Gasteiger partial charge < -0.3 is 29.7 Å². The van der Waals surface area contributed by atoms with Crippen molar-refractivity contribution in [2.75, 3.05) is 31.6 Å². The van der Waals surface area contributed by atoms with E-state index in [2.05, 4.69) is 22.1 Å². The second-order valence-electron chi connectivity index (χ2n) is 10.1. The van der Waals surface area contributed by atoms with Crippen LogP contribution in [0.2, 0.25) is 0 Å². The Kier molecular flexibility index (Phi) is 8.08. The maximum absolute atomic E-state index is 13.3. The molecule has 2 N–H and O–H groups in total. The fourth-order valence-corrected chi connectivity index (χ4v) is 4.65. The highest BCUT2D eigenvalue weighted by Crippen LogP contribution is 2.32. The van der Waals surface area contributed by atoms with Crippen LogP contribution >= 0.6 is 0 Å². The normalized spacial score (nSPS) is 17.6. The van der Waals surface area contributed by atoms with Crippen LogP contribution in [0.15, 0.2) is 60.8 Å². The Morgan fingerprint density at radius 1 is 1.12 bits per heavy atom. The fourth-order valence-electron chi connectivity index (χ4n) is 4.65. The minimum Gasteiger partial charge on any atom is -0.489 e. The van der Waals surface area contributed by atoms with Crippen molar-refractivity contribution < 1.29 is 33.4 Å². The summed E-state index contributed by atoms with van der Waals surface area (Å²) in [5.41, 5.74) is -0.142. The predicted molar refractivity (Wildman–Crippen MR) is 151 cm³/mol. The lowest BCUT2D eigenvalue weighted by Crippen LogP contribution is -2.49. The number of ether oxygens (including phenoxy) is 2. The van der Waals surface area contributed by atoms with E-state index in [1.807, 2.05) is 0 Å². The molecule has 3 amide bonds. The zero-order valence-corrected chi connectivity index (χ0v) is 23.1. The van der Waals surface area contributed by atoms with E-state index in [-0.39, 0.29) is 18.2 Å². The van der Waals surface area contributed by atoms with Gasteiger partial charge in [0.05, 0.1) is 5.69 Å². The molecule has 42 heavy (non-hydrogen) atoms. The highest BCUT2D eigenvalue weighted by atomic mass is 19.1. The van der Waals surface area contributed by atoms with Crippen LogP contribution in [0.25, 0.3) is 0 Å². The number of nitrogens with zero attached hydrogens (tertiary/aromatic N) is 3. The standard InChI is InChI=1S/C31H29FN4O6/c1-20(37)36-15-12-31(40,13-16-36)11-9-21-3-8-28-27(17-21)35(2)30(39)26(19-41-28)34-29(38)25-18-24(10-14-33-25)42-23-6-4-22(32)5-7-23/h3-8,10,14,17-18,26,40H,12-13,15-16,19H2,1-2H3,(H,34,38)/t26-/m1/s1. The number of fused-ring (bicyclic) bond motifs is 1. The van der Waals surface area contributed by atoms with Gasteiger partial charge in [0.2, 0.25) is 5.91 Å². The summed E-state index contributed by atoms with van der Waals surface area (Å²) in [6.07, 6.45) is 2.10. The van der Waals surface area contributed by atoms with Crippen LogP contribution in [-0.4, -0.2) is 71.1 Å². The van der Waals surface area contributed by atoms with Crippen LogP contribution in [0, 0.1) is 17.7 Å². The molecule has 1 fully saturated rings. The van der Waals surface area contributed by atoms with Crippen LogP contribution in [0.1, 0.15) is 35.8 Å². The lowest BCUT2D eigenvalue weighted by Gasteiger charge is -2.34. The molecule has 0 unspecified atom stereocenters. The molecule has 0 saturated carbocycles. The smallest absolute Gasteiger partial charge is 0.270 e. The number of hydrogen-bond acceptors (Lipinski definition) is 7. The highest BCUT2D eigenvalue weighted by Gasteiger charge is 2.33. The van der Waals surface area contributed by atoms with Crippen molar-refractivity contribution in [2.45, 2.75) is 31.4 Å². The summed E-state index contributed by atoms with van der Waals surface area (Å²) in [6.45, 7) is 2.27. The quantitative estimate of drug-likeness (QED) is 0.461. The second-order valence-corrected chi connectivity index (χ2v) is 10.1. The molecular weight excluding hydrogens is 543 g/mol. The van der Waals surface area contributed by atoms with E-state index >= 15 is 0 Å². The number of amides is 3. The number of piperidine rings is 1. The average molecular weight is 573 g/mol. The molecule has 1 aromatic heterocycles. The van der Waals surface area contributed by atoms with Gasteiger partial charge in [-0.05, 0) is 48.5 Å². The first-order valence-corrected chi connectivity index (χ1v) is 13.4. The molecular formula is C31H29FN4O6. The molecule has 1 atom stereocenters. The first-order chi connectivity index (χ1) is 20.1. The number of rotatable bonds is 4. The van der Waals surface area contributed by atoms with Crippen LogP contribution in [0.3, 0.4) is 0 Å². The van der Waals surface area contributed by atoms with Gasteiger partial charge in [-0.25, -0.2) is 4.39 Å². The summed E-state index contributed by atoms with van der Waals surface area (Å²) in [6, 6.07) is 12.5. The molecule has 5 rings (SSSR count). The van der Waals surface area contributed by atoms with Crippen LogP contribution in [0.5, 0.6) is 17.2 Å². The number of aliphatic hydroxyl groups is 1. The van der Waals surface area contributed by atoms with Crippen molar-refractivity contribution in [1.29, 1.82) is 0 Å². The lowest BCUT2D eigenvalue weighted by atomic mass is 9.91. The summed E-state index contributed by atoms with van der Waals surface area (Å²) < 4.78 is 24.7. The number of hydrogen-bond donors (Lipinski definition) is 2. The van der Waals surface area contributed by atoms with Gasteiger partial charge in [-0.2, -0.15) is 0 Å². The van der Waals surface area contributed by atoms with Crippen molar-refractivity contribution >= 4 is 23.4 Å². The third-order valence-electron chi connectivity index (χ3n) is 7.15. The van der Waals surface area contributed by atoms with Crippen molar-refractivity contribution in [2.24, 2.45) is 0 Å². The average Bonchev–Trinajstić information content (AvgIpc) is 3.09. The monoisotopic (exact) mass is 572 g/mol. The van der Waals surface area contributed by atoms with Gasteiger partial charge in [0.15, 0.2) is 0 Å². The number of benzene rings is 2. The molecule has 10 nitrogen and oxygen atoms in total. The fraction of sp³-hybridized carbons (Fsp3) is 0.290. The Hall–Kier alpha value is -4.95. The van der Waals surface area contributed by atoms with Gasteiger partial charge in [0.25, 0.3) is 11.8 Å². The largest absolute Gasteiger partial charge is 0.489 e. The second kappa shape index (κ2) is 11.9. The van der Waals surface area contributed by atoms with Crippen molar-refractivity contribution in [1.82, 2.24) is 15.2 Å². The van der Waals surface area contributed by atoms with E-state index in [1.165, 1.54) is 48.4 Å². The molecule has 2 aliphatic rings. The zero-order chi connectivity index (χ0) is 29.9. The molecule has 2 aromatic carbocycles. The Morgan fingerprint density at radius 3 is 2.57 bits per heavy atom. The number of nitrogens with one attached hydrogen (secondary N) is 1. The summed E-state index contributed by atoms with van der Waals surface area (Å²) >= 11 is 0. The Balaban J connectivity index is 1.25. The third-order valence-corrected chi connectivity index (χ3v) is 7.15. The van der Waals surface area contributed by atoms with E-state index < -0.39 is 29.3 Å². The number of halogens is 1. The first kappa shape index (κ1) is 28.6. The van der Waals surface area contributed by atoms with Gasteiger partial charge in [-0.15, -0.1) is 0 Å². The molecule has 0 radical (unpaired) electrons. The summed E-state index contributed by atoms with van der Waals surface area (Å²) in [5.74, 6) is 5.63. The summed E-state index contributed by atoms with van der Waals surface area (Å²) in [5, 5.41) is 13.5. The van der Waals surface area contributed by atoms with E-state index in [9.17, 15) is 23.9 Å². The van der Waals surface area contributed by atoms with Gasteiger partial charge in [0, 0.05) is 57.7 Å². The Bertz CT molecular complexity index is 1570. The van der Waals surface area contributed by atoms with Crippen LogP contribution < -0.4 is 19.7 Å².